The summed E-state index contributed by atoms with van der Waals surface area (Å²) in [5.74, 6) is 0.438. The van der Waals surface area contributed by atoms with E-state index in [-0.39, 0.29) is 11.9 Å². The minimum atomic E-state index is -0.711. The van der Waals surface area contributed by atoms with Gasteiger partial charge in [0.15, 0.2) is 0 Å². The van der Waals surface area contributed by atoms with Gasteiger partial charge in [0.05, 0.1) is 12.1 Å². The molecule has 0 aliphatic carbocycles. The van der Waals surface area contributed by atoms with Crippen molar-refractivity contribution in [2.75, 3.05) is 33.4 Å². The van der Waals surface area contributed by atoms with Crippen molar-refractivity contribution in [1.29, 1.82) is 0 Å². The first-order valence-electron chi connectivity index (χ1n) is 7.10. The number of hydrogen-bond donors (Lipinski definition) is 2. The van der Waals surface area contributed by atoms with Crippen LogP contribution in [-0.2, 0) is 9.53 Å². The highest BCUT2D eigenvalue weighted by molar-refractivity contribution is 5.78. The van der Waals surface area contributed by atoms with E-state index in [0.717, 1.165) is 0 Å². The average molecular weight is 272 g/mol. The van der Waals surface area contributed by atoms with E-state index in [2.05, 4.69) is 19.2 Å². The topological polar surface area (TPSA) is 61.8 Å². The van der Waals surface area contributed by atoms with Crippen molar-refractivity contribution >= 4 is 5.91 Å². The van der Waals surface area contributed by atoms with Crippen LogP contribution in [-0.4, -0.2) is 60.9 Å². The number of carbonyl (C=O) groups is 1. The molecular formula is C14H28N2O3. The number of aliphatic hydroxyl groups is 1. The third-order valence-electron chi connectivity index (χ3n) is 3.79. The molecule has 1 unspecified atom stereocenters. The van der Waals surface area contributed by atoms with Crippen molar-refractivity contribution in [1.82, 2.24) is 10.2 Å². The second kappa shape index (κ2) is 7.22. The van der Waals surface area contributed by atoms with Gasteiger partial charge in [-0.05, 0) is 19.9 Å². The summed E-state index contributed by atoms with van der Waals surface area (Å²) in [4.78, 5) is 13.7. The lowest BCUT2D eigenvalue weighted by atomic mass is 9.94. The molecule has 1 aliphatic rings. The van der Waals surface area contributed by atoms with Gasteiger partial charge in [-0.1, -0.05) is 13.8 Å². The molecule has 0 aromatic rings. The molecule has 2 N–H and O–H groups in total. The third-order valence-corrected chi connectivity index (χ3v) is 3.79. The zero-order valence-corrected chi connectivity index (χ0v) is 12.6. The molecule has 1 aliphatic heterocycles. The van der Waals surface area contributed by atoms with Gasteiger partial charge in [0.25, 0.3) is 0 Å². The lowest BCUT2D eigenvalue weighted by Gasteiger charge is -2.35. The normalized spacial score (nSPS) is 20.6. The van der Waals surface area contributed by atoms with Gasteiger partial charge in [0, 0.05) is 38.6 Å². The molecule has 1 heterocycles. The maximum atomic E-state index is 11.9. The minimum absolute atomic E-state index is 0.0133. The Morgan fingerprint density at radius 2 is 1.95 bits per heavy atom. The molecule has 0 bridgehead atoms. The number of rotatable bonds is 6. The van der Waals surface area contributed by atoms with E-state index in [1.807, 2.05) is 18.9 Å². The second-order valence-corrected chi connectivity index (χ2v) is 6.11. The van der Waals surface area contributed by atoms with Gasteiger partial charge in [-0.3, -0.25) is 9.69 Å². The maximum Gasteiger partial charge on any atom is 0.234 e. The monoisotopic (exact) mass is 272 g/mol. The van der Waals surface area contributed by atoms with Crippen LogP contribution in [0.3, 0.4) is 0 Å². The van der Waals surface area contributed by atoms with Crippen molar-refractivity contribution in [2.24, 2.45) is 5.92 Å². The Morgan fingerprint density at radius 3 is 2.47 bits per heavy atom. The molecule has 1 amide bonds. The first-order chi connectivity index (χ1) is 8.82. The van der Waals surface area contributed by atoms with Crippen molar-refractivity contribution in [2.45, 2.75) is 45.3 Å². The predicted molar refractivity (Wildman–Crippen MR) is 74.9 cm³/mol. The summed E-state index contributed by atoms with van der Waals surface area (Å²) in [6.07, 6.45) is 1.28. The summed E-state index contributed by atoms with van der Waals surface area (Å²) in [5, 5.41) is 13.3. The first-order valence-corrected chi connectivity index (χ1v) is 7.10. The second-order valence-electron chi connectivity index (χ2n) is 6.11. The van der Waals surface area contributed by atoms with E-state index in [0.29, 0.717) is 45.1 Å². The number of hydrogen-bond acceptors (Lipinski definition) is 4. The molecule has 1 saturated heterocycles. The Morgan fingerprint density at radius 1 is 1.37 bits per heavy atom. The van der Waals surface area contributed by atoms with Crippen molar-refractivity contribution in [3.63, 3.8) is 0 Å². The fourth-order valence-electron chi connectivity index (χ4n) is 2.18. The zero-order valence-electron chi connectivity index (χ0n) is 12.6. The molecule has 0 radical (unpaired) electrons. The lowest BCUT2D eigenvalue weighted by molar-refractivity contribution is -0.124. The van der Waals surface area contributed by atoms with E-state index in [1.165, 1.54) is 0 Å². The number of nitrogens with one attached hydrogen (secondary N) is 1. The Hall–Kier alpha value is -0.650. The van der Waals surface area contributed by atoms with E-state index in [1.54, 1.807) is 0 Å². The van der Waals surface area contributed by atoms with Crippen LogP contribution in [0.1, 0.15) is 33.6 Å². The SMILES string of the molecule is CC(C)C(C)NC(=O)CN(C)CC1(O)CCOCC1. The highest BCUT2D eigenvalue weighted by atomic mass is 16.5. The molecule has 0 saturated carbocycles. The van der Waals surface area contributed by atoms with E-state index in [4.69, 9.17) is 4.74 Å². The number of likely N-dealkylation sites (N-methyl/N-ethyl adjacent to an activating group) is 1. The van der Waals surface area contributed by atoms with Gasteiger partial charge in [-0.15, -0.1) is 0 Å². The predicted octanol–water partition coefficient (Wildman–Crippen LogP) is 0.620. The standard InChI is InChI=1S/C14H28N2O3/c1-11(2)12(3)15-13(17)9-16(4)10-14(18)5-7-19-8-6-14/h11-12,18H,5-10H2,1-4H3,(H,15,17). The smallest absolute Gasteiger partial charge is 0.234 e. The molecule has 1 fully saturated rings. The van der Waals surface area contributed by atoms with Crippen molar-refractivity contribution in [3.05, 3.63) is 0 Å². The third kappa shape index (κ3) is 5.89. The summed E-state index contributed by atoms with van der Waals surface area (Å²) >= 11 is 0. The molecule has 0 spiro atoms. The number of ether oxygens (including phenoxy) is 1. The summed E-state index contributed by atoms with van der Waals surface area (Å²) in [6, 6.07) is 0.173. The molecule has 112 valence electrons. The fourth-order valence-corrected chi connectivity index (χ4v) is 2.18. The Bertz CT molecular complexity index is 288. The van der Waals surface area contributed by atoms with Crippen LogP contribution in [0.25, 0.3) is 0 Å². The average Bonchev–Trinajstić information content (AvgIpc) is 2.28. The van der Waals surface area contributed by atoms with Gasteiger partial charge in [0.1, 0.15) is 0 Å². The molecular weight excluding hydrogens is 244 g/mol. The van der Waals surface area contributed by atoms with Gasteiger partial charge < -0.3 is 15.2 Å². The Kier molecular flexibility index (Phi) is 6.23. The number of nitrogens with zero attached hydrogens (tertiary/aromatic N) is 1. The van der Waals surface area contributed by atoms with Gasteiger partial charge in [0.2, 0.25) is 5.91 Å². The van der Waals surface area contributed by atoms with Crippen molar-refractivity contribution < 1.29 is 14.6 Å². The molecule has 1 atom stereocenters. The number of carbonyl (C=O) groups excluding carboxylic acids is 1. The minimum Gasteiger partial charge on any atom is -0.388 e. The van der Waals surface area contributed by atoms with Crippen LogP contribution in [0, 0.1) is 5.92 Å². The zero-order chi connectivity index (χ0) is 14.5. The Labute approximate surface area is 116 Å². The molecule has 0 aromatic carbocycles. The first kappa shape index (κ1) is 16.4. The fraction of sp³-hybridized carbons (Fsp3) is 0.929. The van der Waals surface area contributed by atoms with E-state index in [9.17, 15) is 9.90 Å². The van der Waals surface area contributed by atoms with Crippen LogP contribution in [0.2, 0.25) is 0 Å². The molecule has 0 aromatic heterocycles. The molecule has 1 rings (SSSR count). The molecule has 19 heavy (non-hydrogen) atoms. The van der Waals surface area contributed by atoms with Crippen LogP contribution < -0.4 is 5.32 Å². The highest BCUT2D eigenvalue weighted by Gasteiger charge is 2.31. The summed E-state index contributed by atoms with van der Waals surface area (Å²) in [6.45, 7) is 8.20. The van der Waals surface area contributed by atoms with Gasteiger partial charge in [-0.25, -0.2) is 0 Å². The molecule has 5 nitrogen and oxygen atoms in total. The lowest BCUT2D eigenvalue weighted by Crippen LogP contribution is -2.49. The summed E-state index contributed by atoms with van der Waals surface area (Å²) in [5.41, 5.74) is -0.711. The van der Waals surface area contributed by atoms with E-state index < -0.39 is 5.60 Å². The summed E-state index contributed by atoms with van der Waals surface area (Å²) < 4.78 is 5.25. The van der Waals surface area contributed by atoms with Crippen LogP contribution in [0.5, 0.6) is 0 Å². The van der Waals surface area contributed by atoms with Crippen LogP contribution in [0.15, 0.2) is 0 Å². The molecule has 5 heteroatoms. The highest BCUT2D eigenvalue weighted by Crippen LogP contribution is 2.21. The largest absolute Gasteiger partial charge is 0.388 e. The summed E-state index contributed by atoms with van der Waals surface area (Å²) in [7, 11) is 1.87. The quantitative estimate of drug-likeness (QED) is 0.744. The van der Waals surface area contributed by atoms with Gasteiger partial charge >= 0.3 is 0 Å². The van der Waals surface area contributed by atoms with Crippen LogP contribution >= 0.6 is 0 Å². The van der Waals surface area contributed by atoms with Crippen LogP contribution in [0.4, 0.5) is 0 Å². The van der Waals surface area contributed by atoms with Gasteiger partial charge in [-0.2, -0.15) is 0 Å². The number of amides is 1. The van der Waals surface area contributed by atoms with Crippen molar-refractivity contribution in [3.8, 4) is 0 Å². The maximum absolute atomic E-state index is 11.9. The Balaban J connectivity index is 2.33. The van der Waals surface area contributed by atoms with E-state index >= 15 is 0 Å².